The molecule has 1 aliphatic rings. The minimum absolute atomic E-state index is 0.00928. The van der Waals surface area contributed by atoms with Crippen molar-refractivity contribution in [3.05, 3.63) is 58.1 Å². The van der Waals surface area contributed by atoms with Gasteiger partial charge in [0.2, 0.25) is 0 Å². The number of halogens is 2. The van der Waals surface area contributed by atoms with Crippen molar-refractivity contribution in [2.45, 2.75) is 0 Å². The Balaban J connectivity index is 1.84. The number of ketones is 1. The van der Waals surface area contributed by atoms with Crippen LogP contribution in [0, 0.1) is 5.92 Å². The van der Waals surface area contributed by atoms with Crippen LogP contribution in [0.25, 0.3) is 0 Å². The molecule has 0 aromatic heterocycles. The summed E-state index contributed by atoms with van der Waals surface area (Å²) in [5.74, 6) is -1.99. The van der Waals surface area contributed by atoms with E-state index in [-0.39, 0.29) is 27.1 Å². The van der Waals surface area contributed by atoms with E-state index in [0.29, 0.717) is 6.54 Å². The van der Waals surface area contributed by atoms with E-state index in [1.165, 1.54) is 12.1 Å². The summed E-state index contributed by atoms with van der Waals surface area (Å²) in [5, 5.41) is 15.1. The van der Waals surface area contributed by atoms with Crippen LogP contribution in [-0.2, 0) is 4.79 Å². The molecular weight excluding hydrogens is 379 g/mol. The maximum atomic E-state index is 12.9. The molecule has 0 amide bonds. The van der Waals surface area contributed by atoms with E-state index in [1.807, 2.05) is 30.3 Å². The smallest absolute Gasteiger partial charge is 0.341 e. The second kappa shape index (κ2) is 7.76. The monoisotopic (exact) mass is 392 g/mol. The molecular formula is C18H14Cl2N2O4. The first-order chi connectivity index (χ1) is 12.5. The predicted octanol–water partition coefficient (Wildman–Crippen LogP) is 3.76. The van der Waals surface area contributed by atoms with Crippen LogP contribution >= 0.6 is 23.2 Å². The number of aliphatic carboxylic acids is 1. The SMILES string of the molecule is O=C(O)COc1c(Cl)cc(Cl)cc1C(=O)C1C=NN(c2ccccc2)C1. The molecule has 0 saturated carbocycles. The highest BCUT2D eigenvalue weighted by molar-refractivity contribution is 6.36. The van der Waals surface area contributed by atoms with E-state index in [2.05, 4.69) is 5.10 Å². The lowest BCUT2D eigenvalue weighted by molar-refractivity contribution is -0.139. The average molecular weight is 393 g/mol. The predicted molar refractivity (Wildman–Crippen MR) is 99.7 cm³/mol. The van der Waals surface area contributed by atoms with Gasteiger partial charge < -0.3 is 9.84 Å². The third-order valence-electron chi connectivity index (χ3n) is 3.76. The van der Waals surface area contributed by atoms with Gasteiger partial charge in [0.1, 0.15) is 5.75 Å². The summed E-state index contributed by atoms with van der Waals surface area (Å²) in [5.41, 5.74) is 1.00. The lowest BCUT2D eigenvalue weighted by Crippen LogP contribution is -2.24. The molecule has 2 aromatic carbocycles. The van der Waals surface area contributed by atoms with Gasteiger partial charge in [-0.2, -0.15) is 5.10 Å². The van der Waals surface area contributed by atoms with Crippen LogP contribution < -0.4 is 9.75 Å². The first-order valence-electron chi connectivity index (χ1n) is 7.70. The van der Waals surface area contributed by atoms with Crippen molar-refractivity contribution in [1.29, 1.82) is 0 Å². The number of hydrogen-bond donors (Lipinski definition) is 1. The second-order valence-corrected chi connectivity index (χ2v) is 6.44. The number of Topliss-reactive ketones (excluding diaryl/α,β-unsaturated/α-hetero) is 1. The lowest BCUT2D eigenvalue weighted by Gasteiger charge is -2.17. The Bertz CT molecular complexity index is 871. The maximum Gasteiger partial charge on any atom is 0.341 e. The molecule has 8 heteroatoms. The lowest BCUT2D eigenvalue weighted by atomic mass is 9.98. The normalized spacial score (nSPS) is 15.9. The molecule has 1 aliphatic heterocycles. The Morgan fingerprint density at radius 2 is 1.96 bits per heavy atom. The standard InChI is InChI=1S/C18H14Cl2N2O4/c19-12-6-14(18(15(20)7-12)26-10-16(23)24)17(25)11-8-21-22(9-11)13-4-2-1-3-5-13/h1-8,11H,9-10H2,(H,23,24). The molecule has 0 spiro atoms. The van der Waals surface area contributed by atoms with Gasteiger partial charge in [-0.3, -0.25) is 9.80 Å². The molecule has 0 fully saturated rings. The Hall–Kier alpha value is -2.57. The molecule has 2 aromatic rings. The van der Waals surface area contributed by atoms with Gasteiger partial charge in [0, 0.05) is 11.2 Å². The summed E-state index contributed by atoms with van der Waals surface area (Å²) in [4.78, 5) is 23.7. The number of hydrazone groups is 1. The second-order valence-electron chi connectivity index (χ2n) is 5.60. The van der Waals surface area contributed by atoms with Crippen molar-refractivity contribution >= 4 is 46.9 Å². The molecule has 0 saturated heterocycles. The molecule has 1 N–H and O–H groups in total. The highest BCUT2D eigenvalue weighted by atomic mass is 35.5. The largest absolute Gasteiger partial charge is 0.480 e. The fraction of sp³-hybridized carbons (Fsp3) is 0.167. The molecule has 0 aliphatic carbocycles. The molecule has 134 valence electrons. The van der Waals surface area contributed by atoms with Gasteiger partial charge in [-0.1, -0.05) is 41.4 Å². The van der Waals surface area contributed by atoms with Crippen molar-refractivity contribution < 1.29 is 19.4 Å². The van der Waals surface area contributed by atoms with E-state index in [0.717, 1.165) is 5.69 Å². The number of benzene rings is 2. The van der Waals surface area contributed by atoms with Crippen molar-refractivity contribution in [2.75, 3.05) is 18.2 Å². The highest BCUT2D eigenvalue weighted by Crippen LogP contribution is 2.34. The third-order valence-corrected chi connectivity index (χ3v) is 4.26. The zero-order chi connectivity index (χ0) is 18.7. The van der Waals surface area contributed by atoms with E-state index >= 15 is 0 Å². The summed E-state index contributed by atoms with van der Waals surface area (Å²) >= 11 is 12.1. The molecule has 1 heterocycles. The van der Waals surface area contributed by atoms with Gasteiger partial charge in [0.25, 0.3) is 0 Å². The Kier molecular flexibility index (Phi) is 5.44. The number of anilines is 1. The Morgan fingerprint density at radius 1 is 1.23 bits per heavy atom. The number of rotatable bonds is 6. The van der Waals surface area contributed by atoms with E-state index in [9.17, 15) is 9.59 Å². The van der Waals surface area contributed by atoms with Crippen molar-refractivity contribution in [3.63, 3.8) is 0 Å². The van der Waals surface area contributed by atoms with E-state index in [1.54, 1.807) is 11.2 Å². The van der Waals surface area contributed by atoms with E-state index in [4.69, 9.17) is 33.0 Å². The van der Waals surface area contributed by atoms with Gasteiger partial charge in [-0.15, -0.1) is 0 Å². The van der Waals surface area contributed by atoms with Gasteiger partial charge in [0.05, 0.1) is 28.7 Å². The number of nitrogens with zero attached hydrogens (tertiary/aromatic N) is 2. The van der Waals surface area contributed by atoms with Crippen molar-refractivity contribution in [3.8, 4) is 5.75 Å². The van der Waals surface area contributed by atoms with Crippen LogP contribution in [0.4, 0.5) is 5.69 Å². The van der Waals surface area contributed by atoms with Gasteiger partial charge in [-0.25, -0.2) is 4.79 Å². The number of carboxylic acid groups (broad SMARTS) is 1. The molecule has 1 atom stereocenters. The number of hydrogen-bond acceptors (Lipinski definition) is 5. The molecule has 0 bridgehead atoms. The minimum atomic E-state index is -1.17. The van der Waals surface area contributed by atoms with Crippen LogP contribution in [0.15, 0.2) is 47.6 Å². The number of carbonyl (C=O) groups is 2. The first-order valence-corrected chi connectivity index (χ1v) is 8.46. The molecule has 3 rings (SSSR count). The summed E-state index contributed by atoms with van der Waals surface area (Å²) < 4.78 is 5.21. The van der Waals surface area contributed by atoms with Crippen LogP contribution in [0.1, 0.15) is 10.4 Å². The van der Waals surface area contributed by atoms with Gasteiger partial charge >= 0.3 is 5.97 Å². The fourth-order valence-corrected chi connectivity index (χ4v) is 3.14. The fourth-order valence-electron chi connectivity index (χ4n) is 2.59. The van der Waals surface area contributed by atoms with Gasteiger partial charge in [0.15, 0.2) is 12.4 Å². The minimum Gasteiger partial charge on any atom is -0.480 e. The van der Waals surface area contributed by atoms with Crippen molar-refractivity contribution in [1.82, 2.24) is 0 Å². The van der Waals surface area contributed by atoms with E-state index < -0.39 is 18.5 Å². The molecule has 0 radical (unpaired) electrons. The number of carbonyl (C=O) groups excluding carboxylic acids is 1. The quantitative estimate of drug-likeness (QED) is 0.756. The Labute approximate surface area is 159 Å². The molecule has 1 unspecified atom stereocenters. The zero-order valence-electron chi connectivity index (χ0n) is 13.4. The summed E-state index contributed by atoms with van der Waals surface area (Å²) in [6.45, 7) is -0.262. The van der Waals surface area contributed by atoms with Crippen LogP contribution in [0.5, 0.6) is 5.75 Å². The van der Waals surface area contributed by atoms with Crippen LogP contribution in [-0.4, -0.2) is 36.2 Å². The third kappa shape index (κ3) is 3.98. The summed E-state index contributed by atoms with van der Waals surface area (Å²) in [6.07, 6.45) is 1.55. The molecule has 6 nitrogen and oxygen atoms in total. The first kappa shape index (κ1) is 18.2. The number of para-hydroxylation sites is 1. The topological polar surface area (TPSA) is 79.2 Å². The van der Waals surface area contributed by atoms with Crippen LogP contribution in [0.2, 0.25) is 10.0 Å². The maximum absolute atomic E-state index is 12.9. The van der Waals surface area contributed by atoms with Crippen molar-refractivity contribution in [2.24, 2.45) is 11.0 Å². The summed E-state index contributed by atoms with van der Waals surface area (Å²) in [7, 11) is 0. The zero-order valence-corrected chi connectivity index (χ0v) is 14.9. The molecule has 26 heavy (non-hydrogen) atoms. The van der Waals surface area contributed by atoms with Gasteiger partial charge in [-0.05, 0) is 24.3 Å². The number of ether oxygens (including phenoxy) is 1. The van der Waals surface area contributed by atoms with Crippen LogP contribution in [0.3, 0.4) is 0 Å². The summed E-state index contributed by atoms with van der Waals surface area (Å²) in [6, 6.07) is 12.3. The Morgan fingerprint density at radius 3 is 2.65 bits per heavy atom. The highest BCUT2D eigenvalue weighted by Gasteiger charge is 2.29. The number of carboxylic acids is 1. The average Bonchev–Trinajstić information content (AvgIpc) is 3.10.